The van der Waals surface area contributed by atoms with Crippen molar-refractivity contribution in [1.82, 2.24) is 24.2 Å². The molecule has 0 aliphatic carbocycles. The van der Waals surface area contributed by atoms with Gasteiger partial charge in [0.25, 0.3) is 5.56 Å². The molecule has 166 valence electrons. The molecule has 3 aromatic rings. The van der Waals surface area contributed by atoms with Crippen LogP contribution in [0.25, 0.3) is 11.0 Å². The molecular weight excluding hydrogens is 398 g/mol. The van der Waals surface area contributed by atoms with Crippen LogP contribution in [0.2, 0.25) is 0 Å². The van der Waals surface area contributed by atoms with E-state index in [2.05, 4.69) is 10.4 Å². The lowest BCUT2D eigenvalue weighted by Crippen LogP contribution is -2.43. The molecule has 2 aromatic heterocycles. The minimum atomic E-state index is -0.530. The molecule has 1 N–H and O–H groups in total. The van der Waals surface area contributed by atoms with Crippen LogP contribution >= 0.6 is 0 Å². The summed E-state index contributed by atoms with van der Waals surface area (Å²) in [5.74, 6) is 0.419. The van der Waals surface area contributed by atoms with Gasteiger partial charge in [-0.3, -0.25) is 23.4 Å². The molecule has 0 saturated carbocycles. The lowest BCUT2D eigenvalue weighted by molar-refractivity contribution is -0.121. The minimum absolute atomic E-state index is 0.0863. The summed E-state index contributed by atoms with van der Waals surface area (Å²) in [6.45, 7) is 6.60. The van der Waals surface area contributed by atoms with Crippen LogP contribution in [0.1, 0.15) is 37.9 Å². The Labute approximate surface area is 180 Å². The predicted molar refractivity (Wildman–Crippen MR) is 119 cm³/mol. The molecule has 0 fully saturated rings. The minimum Gasteiger partial charge on any atom is -0.497 e. The van der Waals surface area contributed by atoms with Gasteiger partial charge in [0, 0.05) is 13.1 Å². The smallest absolute Gasteiger partial charge is 0.332 e. The number of methoxy groups -OCH3 is 1. The number of benzene rings is 1. The number of amides is 1. The summed E-state index contributed by atoms with van der Waals surface area (Å²) in [7, 11) is 1.58. The lowest BCUT2D eigenvalue weighted by Gasteiger charge is -2.13. The summed E-state index contributed by atoms with van der Waals surface area (Å²) in [5.41, 5.74) is 1.11. The number of hydrogen-bond acceptors (Lipinski definition) is 5. The van der Waals surface area contributed by atoms with Crippen LogP contribution in [0.4, 0.5) is 0 Å². The zero-order chi connectivity index (χ0) is 22.5. The monoisotopic (exact) mass is 427 g/mol. The van der Waals surface area contributed by atoms with Crippen LogP contribution in [0, 0.1) is 6.92 Å². The molecular formula is C22H29N5O4. The van der Waals surface area contributed by atoms with Gasteiger partial charge < -0.3 is 10.1 Å². The third-order valence-electron chi connectivity index (χ3n) is 5.23. The zero-order valence-electron chi connectivity index (χ0n) is 18.5. The highest BCUT2D eigenvalue weighted by molar-refractivity contribution is 5.81. The molecule has 0 atom stereocenters. The second-order valence-electron chi connectivity index (χ2n) is 7.41. The van der Waals surface area contributed by atoms with Crippen LogP contribution in [0.5, 0.6) is 5.75 Å². The van der Waals surface area contributed by atoms with Crippen LogP contribution in [-0.2, 0) is 24.4 Å². The van der Waals surface area contributed by atoms with Crippen molar-refractivity contribution in [3.63, 3.8) is 0 Å². The van der Waals surface area contributed by atoms with Crippen molar-refractivity contribution in [2.75, 3.05) is 13.7 Å². The van der Waals surface area contributed by atoms with E-state index in [1.54, 1.807) is 43.0 Å². The molecule has 1 amide bonds. The summed E-state index contributed by atoms with van der Waals surface area (Å²) in [4.78, 5) is 39.1. The Hall–Kier alpha value is -3.36. The average Bonchev–Trinajstić information content (AvgIpc) is 3.11. The Balaban J connectivity index is 2.12. The number of carbonyl (C=O) groups excluding carboxylic acids is 1. The van der Waals surface area contributed by atoms with Gasteiger partial charge in [0.05, 0.1) is 19.3 Å². The molecule has 0 aliphatic heterocycles. The summed E-state index contributed by atoms with van der Waals surface area (Å²) in [6, 6.07) is 7.16. The van der Waals surface area contributed by atoms with Gasteiger partial charge in [0.1, 0.15) is 17.8 Å². The quantitative estimate of drug-likeness (QED) is 0.524. The molecule has 9 heteroatoms. The first kappa shape index (κ1) is 22.3. The topological polar surface area (TPSA) is 100 Å². The number of ether oxygens (including phenoxy) is 1. The van der Waals surface area contributed by atoms with Crippen LogP contribution in [-0.4, -0.2) is 38.5 Å². The number of aromatic nitrogens is 4. The molecule has 0 spiro atoms. The third kappa shape index (κ3) is 4.55. The van der Waals surface area contributed by atoms with Crippen molar-refractivity contribution in [3.8, 4) is 5.75 Å². The fourth-order valence-corrected chi connectivity index (χ4v) is 3.60. The average molecular weight is 428 g/mol. The second kappa shape index (κ2) is 9.63. The molecule has 0 bridgehead atoms. The number of fused-ring (bicyclic) bond motifs is 1. The van der Waals surface area contributed by atoms with Crippen molar-refractivity contribution in [2.45, 2.75) is 53.2 Å². The maximum Gasteiger partial charge on any atom is 0.332 e. The molecule has 31 heavy (non-hydrogen) atoms. The molecule has 3 rings (SSSR count). The molecule has 0 unspecified atom stereocenters. The lowest BCUT2D eigenvalue weighted by atomic mass is 10.2. The summed E-state index contributed by atoms with van der Waals surface area (Å²) >= 11 is 0. The van der Waals surface area contributed by atoms with Crippen molar-refractivity contribution in [1.29, 1.82) is 0 Å². The number of unbranched alkanes of at least 4 members (excludes halogenated alkanes) is 1. The Kier molecular flexibility index (Phi) is 6.94. The van der Waals surface area contributed by atoms with E-state index in [0.717, 1.165) is 23.0 Å². The number of nitrogens with one attached hydrogen (secondary N) is 1. The van der Waals surface area contributed by atoms with Gasteiger partial charge in [-0.25, -0.2) is 4.79 Å². The summed E-state index contributed by atoms with van der Waals surface area (Å²) < 4.78 is 9.28. The van der Waals surface area contributed by atoms with Gasteiger partial charge in [-0.15, -0.1) is 0 Å². The third-order valence-corrected chi connectivity index (χ3v) is 5.23. The van der Waals surface area contributed by atoms with E-state index in [-0.39, 0.29) is 19.0 Å². The maximum atomic E-state index is 13.3. The van der Waals surface area contributed by atoms with E-state index in [1.165, 1.54) is 4.57 Å². The number of rotatable bonds is 9. The number of nitrogens with zero attached hydrogens (tertiary/aromatic N) is 4. The van der Waals surface area contributed by atoms with E-state index in [1.807, 2.05) is 13.8 Å². The highest BCUT2D eigenvalue weighted by Gasteiger charge is 2.21. The Bertz CT molecular complexity index is 1190. The van der Waals surface area contributed by atoms with Gasteiger partial charge in [-0.2, -0.15) is 5.10 Å². The second-order valence-corrected chi connectivity index (χ2v) is 7.41. The predicted octanol–water partition coefficient (Wildman–Crippen LogP) is 1.66. The fraction of sp³-hybridized carbons (Fsp3) is 0.455. The molecule has 0 saturated heterocycles. The molecule has 0 aliphatic rings. The highest BCUT2D eigenvalue weighted by atomic mass is 16.5. The van der Waals surface area contributed by atoms with Crippen molar-refractivity contribution < 1.29 is 9.53 Å². The fourth-order valence-electron chi connectivity index (χ4n) is 3.60. The summed E-state index contributed by atoms with van der Waals surface area (Å²) in [6.07, 6.45) is 1.82. The van der Waals surface area contributed by atoms with Crippen LogP contribution < -0.4 is 21.3 Å². The standard InChI is InChI=1S/C22H29N5O4/c1-5-7-12-23-18(28)14-25-19-15(3)24-27(6-2)20(19)21(29)26(22(25)30)13-16-8-10-17(31-4)11-9-16/h8-11H,5-7,12-14H2,1-4H3,(H,23,28). The van der Waals surface area contributed by atoms with E-state index in [4.69, 9.17) is 4.74 Å². The van der Waals surface area contributed by atoms with Crippen molar-refractivity contribution >= 4 is 16.9 Å². The van der Waals surface area contributed by atoms with E-state index in [9.17, 15) is 14.4 Å². The highest BCUT2D eigenvalue weighted by Crippen LogP contribution is 2.15. The van der Waals surface area contributed by atoms with E-state index >= 15 is 0 Å². The normalized spacial score (nSPS) is 11.1. The van der Waals surface area contributed by atoms with Gasteiger partial charge in [0.2, 0.25) is 5.91 Å². The van der Waals surface area contributed by atoms with E-state index in [0.29, 0.717) is 35.6 Å². The Morgan fingerprint density at radius 3 is 2.42 bits per heavy atom. The van der Waals surface area contributed by atoms with Gasteiger partial charge in [0.15, 0.2) is 5.52 Å². The number of hydrogen-bond donors (Lipinski definition) is 1. The zero-order valence-corrected chi connectivity index (χ0v) is 18.5. The number of aryl methyl sites for hydroxylation is 2. The van der Waals surface area contributed by atoms with Gasteiger partial charge in [-0.05, 0) is 38.0 Å². The van der Waals surface area contributed by atoms with Crippen LogP contribution in [0.15, 0.2) is 33.9 Å². The Morgan fingerprint density at radius 2 is 1.81 bits per heavy atom. The van der Waals surface area contributed by atoms with Gasteiger partial charge in [-0.1, -0.05) is 25.5 Å². The Morgan fingerprint density at radius 1 is 1.10 bits per heavy atom. The largest absolute Gasteiger partial charge is 0.497 e. The van der Waals surface area contributed by atoms with Gasteiger partial charge >= 0.3 is 5.69 Å². The number of carbonyl (C=O) groups is 1. The van der Waals surface area contributed by atoms with Crippen molar-refractivity contribution in [2.24, 2.45) is 0 Å². The molecule has 2 heterocycles. The van der Waals surface area contributed by atoms with E-state index < -0.39 is 11.2 Å². The first-order valence-electron chi connectivity index (χ1n) is 10.5. The first-order valence-corrected chi connectivity index (χ1v) is 10.5. The molecule has 1 aromatic carbocycles. The first-order chi connectivity index (χ1) is 14.9. The van der Waals surface area contributed by atoms with Crippen LogP contribution in [0.3, 0.4) is 0 Å². The SMILES string of the molecule is CCCCNC(=O)Cn1c(=O)n(Cc2ccc(OC)cc2)c(=O)c2c1c(C)nn2CC. The molecule has 9 nitrogen and oxygen atoms in total. The summed E-state index contributed by atoms with van der Waals surface area (Å²) in [5, 5.41) is 7.25. The van der Waals surface area contributed by atoms with Crippen molar-refractivity contribution in [3.05, 3.63) is 56.4 Å². The molecule has 0 radical (unpaired) electrons. The maximum absolute atomic E-state index is 13.3.